The first-order chi connectivity index (χ1) is 15.8. The van der Waals surface area contributed by atoms with Gasteiger partial charge in [0.15, 0.2) is 17.2 Å². The van der Waals surface area contributed by atoms with Gasteiger partial charge in [-0.05, 0) is 59.7 Å². The van der Waals surface area contributed by atoms with Gasteiger partial charge in [0.1, 0.15) is 12.4 Å². The summed E-state index contributed by atoms with van der Waals surface area (Å²) < 4.78 is 29.8. The second-order valence-electron chi connectivity index (χ2n) is 6.92. The van der Waals surface area contributed by atoms with E-state index in [0.717, 1.165) is 0 Å². The van der Waals surface area contributed by atoms with Crippen LogP contribution in [0.5, 0.6) is 11.5 Å². The minimum absolute atomic E-state index is 0.0719. The Labute approximate surface area is 204 Å². The Balaban J connectivity index is 1.59. The number of aliphatic imine (C=N–C) groups is 1. The fraction of sp³-hybridized carbons (Fsp3) is 0.0833. The zero-order valence-electron chi connectivity index (χ0n) is 17.1. The number of cyclic esters (lactones) is 1. The number of esters is 1. The maximum Gasteiger partial charge on any atom is 0.363 e. The third-order valence-electron chi connectivity index (χ3n) is 4.61. The predicted molar refractivity (Wildman–Crippen MR) is 126 cm³/mol. The van der Waals surface area contributed by atoms with E-state index in [1.807, 2.05) is 0 Å². The molecule has 33 heavy (non-hydrogen) atoms. The molecular weight excluding hydrogens is 492 g/mol. The summed E-state index contributed by atoms with van der Waals surface area (Å²) in [6, 6.07) is 14.1. The molecule has 0 spiro atoms. The van der Waals surface area contributed by atoms with Gasteiger partial charge >= 0.3 is 5.97 Å². The number of halogens is 4. The summed E-state index contributed by atoms with van der Waals surface area (Å²) in [5.41, 5.74) is 1.76. The molecule has 0 unspecified atom stereocenters. The molecule has 0 atom stereocenters. The molecular formula is C24H15Cl3FNO4. The number of nitrogens with zero attached hydrogens (tertiary/aromatic N) is 1. The summed E-state index contributed by atoms with van der Waals surface area (Å²) in [4.78, 5) is 16.6. The SMILES string of the molecule is COc1cc(/C=C2/N=C(c3ccc(Cl)c(Cl)c3)OC2=O)cc(Cl)c1OCc1cccc(F)c1. The van der Waals surface area contributed by atoms with Gasteiger partial charge in [-0.1, -0.05) is 46.9 Å². The van der Waals surface area contributed by atoms with Crippen LogP contribution in [0.25, 0.3) is 6.08 Å². The molecule has 4 rings (SSSR count). The molecule has 1 aliphatic rings. The van der Waals surface area contributed by atoms with E-state index in [-0.39, 0.29) is 29.0 Å². The molecule has 5 nitrogen and oxygen atoms in total. The highest BCUT2D eigenvalue weighted by Gasteiger charge is 2.25. The van der Waals surface area contributed by atoms with Gasteiger partial charge in [0, 0.05) is 5.56 Å². The van der Waals surface area contributed by atoms with Gasteiger partial charge in [-0.3, -0.25) is 0 Å². The molecule has 0 bridgehead atoms. The standard InChI is InChI=1S/C24H15Cl3FNO4/c1-31-21-10-14(8-19(27)22(21)32-12-13-3-2-4-16(28)7-13)9-20-24(30)33-23(29-20)15-5-6-17(25)18(26)11-15/h2-11H,12H2,1H3/b20-9+. The summed E-state index contributed by atoms with van der Waals surface area (Å²) in [6.07, 6.45) is 1.51. The fourth-order valence-electron chi connectivity index (χ4n) is 3.07. The smallest absolute Gasteiger partial charge is 0.363 e. The van der Waals surface area contributed by atoms with Gasteiger partial charge in [0.25, 0.3) is 0 Å². The molecule has 0 amide bonds. The van der Waals surface area contributed by atoms with E-state index in [0.29, 0.717) is 38.2 Å². The number of carbonyl (C=O) groups is 1. The topological polar surface area (TPSA) is 57.1 Å². The Morgan fingerprint density at radius 3 is 2.58 bits per heavy atom. The molecule has 0 N–H and O–H groups in total. The van der Waals surface area contributed by atoms with Crippen LogP contribution in [0.15, 0.2) is 65.3 Å². The van der Waals surface area contributed by atoms with Gasteiger partial charge in [0.2, 0.25) is 5.90 Å². The first-order valence-electron chi connectivity index (χ1n) is 9.57. The van der Waals surface area contributed by atoms with Crippen molar-refractivity contribution in [3.63, 3.8) is 0 Å². The molecule has 168 valence electrons. The van der Waals surface area contributed by atoms with E-state index in [9.17, 15) is 9.18 Å². The number of rotatable bonds is 6. The third kappa shape index (κ3) is 5.30. The number of carbonyl (C=O) groups excluding carboxylic acids is 1. The molecule has 1 aliphatic heterocycles. The molecule has 0 aromatic heterocycles. The van der Waals surface area contributed by atoms with Crippen LogP contribution in [0.2, 0.25) is 15.1 Å². The molecule has 1 heterocycles. The molecule has 0 fully saturated rings. The van der Waals surface area contributed by atoms with Crippen LogP contribution in [-0.4, -0.2) is 19.0 Å². The van der Waals surface area contributed by atoms with Gasteiger partial charge < -0.3 is 14.2 Å². The van der Waals surface area contributed by atoms with Gasteiger partial charge in [-0.2, -0.15) is 0 Å². The average Bonchev–Trinajstić information content (AvgIpc) is 3.14. The van der Waals surface area contributed by atoms with Crippen molar-refractivity contribution in [2.45, 2.75) is 6.61 Å². The number of methoxy groups -OCH3 is 1. The lowest BCUT2D eigenvalue weighted by atomic mass is 10.1. The van der Waals surface area contributed by atoms with Gasteiger partial charge in [0.05, 0.1) is 22.2 Å². The average molecular weight is 507 g/mol. The van der Waals surface area contributed by atoms with E-state index >= 15 is 0 Å². The molecule has 0 aliphatic carbocycles. The number of hydrogen-bond donors (Lipinski definition) is 0. The second-order valence-corrected chi connectivity index (χ2v) is 8.14. The highest BCUT2D eigenvalue weighted by Crippen LogP contribution is 2.38. The minimum atomic E-state index is -0.627. The van der Waals surface area contributed by atoms with Crippen molar-refractivity contribution in [1.29, 1.82) is 0 Å². The quantitative estimate of drug-likeness (QED) is 0.275. The van der Waals surface area contributed by atoms with Crippen LogP contribution in [0.1, 0.15) is 16.7 Å². The lowest BCUT2D eigenvalue weighted by Gasteiger charge is -2.13. The summed E-state index contributed by atoms with van der Waals surface area (Å²) in [7, 11) is 1.46. The molecule has 0 radical (unpaired) electrons. The zero-order chi connectivity index (χ0) is 23.5. The molecule has 0 saturated carbocycles. The monoisotopic (exact) mass is 505 g/mol. The minimum Gasteiger partial charge on any atom is -0.493 e. The number of hydrogen-bond acceptors (Lipinski definition) is 5. The van der Waals surface area contributed by atoms with Crippen LogP contribution in [0.4, 0.5) is 4.39 Å². The highest BCUT2D eigenvalue weighted by atomic mass is 35.5. The third-order valence-corrected chi connectivity index (χ3v) is 5.63. The normalized spacial score (nSPS) is 14.3. The van der Waals surface area contributed by atoms with E-state index in [2.05, 4.69) is 4.99 Å². The van der Waals surface area contributed by atoms with Crippen molar-refractivity contribution in [1.82, 2.24) is 0 Å². The Morgan fingerprint density at radius 1 is 1.03 bits per heavy atom. The van der Waals surface area contributed by atoms with Crippen LogP contribution < -0.4 is 9.47 Å². The van der Waals surface area contributed by atoms with Crippen molar-refractivity contribution < 1.29 is 23.4 Å². The Morgan fingerprint density at radius 2 is 1.85 bits per heavy atom. The van der Waals surface area contributed by atoms with Crippen molar-refractivity contribution in [3.8, 4) is 11.5 Å². The van der Waals surface area contributed by atoms with Crippen LogP contribution in [0, 0.1) is 5.82 Å². The summed E-state index contributed by atoms with van der Waals surface area (Å²) in [5, 5.41) is 0.941. The van der Waals surface area contributed by atoms with Gasteiger partial charge in [-0.25, -0.2) is 14.2 Å². The Kier molecular flexibility index (Phi) is 6.88. The number of ether oxygens (including phenoxy) is 3. The number of benzene rings is 3. The molecule has 0 saturated heterocycles. The van der Waals surface area contributed by atoms with Crippen LogP contribution in [0.3, 0.4) is 0 Å². The maximum atomic E-state index is 13.4. The summed E-state index contributed by atoms with van der Waals surface area (Å²) >= 11 is 18.4. The van der Waals surface area contributed by atoms with Crippen molar-refractivity contribution in [2.75, 3.05) is 7.11 Å². The van der Waals surface area contributed by atoms with Crippen molar-refractivity contribution in [3.05, 3.63) is 97.9 Å². The maximum absolute atomic E-state index is 13.4. The fourth-order valence-corrected chi connectivity index (χ4v) is 3.64. The largest absolute Gasteiger partial charge is 0.493 e. The molecule has 9 heteroatoms. The highest BCUT2D eigenvalue weighted by molar-refractivity contribution is 6.42. The first-order valence-corrected chi connectivity index (χ1v) is 10.7. The van der Waals surface area contributed by atoms with E-state index in [1.54, 1.807) is 42.5 Å². The van der Waals surface area contributed by atoms with E-state index < -0.39 is 5.97 Å². The van der Waals surface area contributed by atoms with E-state index in [1.165, 1.54) is 25.3 Å². The first kappa shape index (κ1) is 23.1. The predicted octanol–water partition coefficient (Wildman–Crippen LogP) is 6.72. The Bertz CT molecular complexity index is 1310. The van der Waals surface area contributed by atoms with Crippen molar-refractivity contribution >= 4 is 52.7 Å². The van der Waals surface area contributed by atoms with Crippen LogP contribution >= 0.6 is 34.8 Å². The Hall–Kier alpha value is -3.06. The molecule has 3 aromatic carbocycles. The van der Waals surface area contributed by atoms with Crippen LogP contribution in [-0.2, 0) is 16.1 Å². The summed E-state index contributed by atoms with van der Waals surface area (Å²) in [5.74, 6) is -0.249. The lowest BCUT2D eigenvalue weighted by molar-refractivity contribution is -0.129. The summed E-state index contributed by atoms with van der Waals surface area (Å²) in [6.45, 7) is 0.0951. The molecule has 3 aromatic rings. The van der Waals surface area contributed by atoms with E-state index in [4.69, 9.17) is 49.0 Å². The zero-order valence-corrected chi connectivity index (χ0v) is 19.3. The second kappa shape index (κ2) is 9.83. The van der Waals surface area contributed by atoms with Crippen molar-refractivity contribution in [2.24, 2.45) is 4.99 Å². The lowest BCUT2D eigenvalue weighted by Crippen LogP contribution is -2.05. The van der Waals surface area contributed by atoms with Gasteiger partial charge in [-0.15, -0.1) is 0 Å².